The van der Waals surface area contributed by atoms with Gasteiger partial charge < -0.3 is 14.6 Å². The Morgan fingerprint density at radius 1 is 1.14 bits per heavy atom. The lowest BCUT2D eigenvalue weighted by molar-refractivity contribution is -0.0440. The molecule has 0 bridgehead atoms. The van der Waals surface area contributed by atoms with Crippen LogP contribution in [0.25, 0.3) is 0 Å². The van der Waals surface area contributed by atoms with Crippen LogP contribution in [0, 0.1) is 0 Å². The first kappa shape index (κ1) is 10.1. The molecule has 0 atom stereocenters. The Morgan fingerprint density at radius 2 is 1.79 bits per heavy atom. The second-order valence-corrected chi connectivity index (χ2v) is 3.63. The van der Waals surface area contributed by atoms with E-state index >= 15 is 0 Å². The minimum atomic E-state index is -0.472. The summed E-state index contributed by atoms with van der Waals surface area (Å²) >= 11 is 11.7. The van der Waals surface area contributed by atoms with Crippen molar-refractivity contribution < 1.29 is 14.6 Å². The number of rotatable bonds is 1. The van der Waals surface area contributed by atoms with Crippen molar-refractivity contribution in [3.05, 3.63) is 27.7 Å². The number of phenols is 1. The lowest BCUT2D eigenvalue weighted by Crippen LogP contribution is -1.99. The van der Waals surface area contributed by atoms with E-state index in [4.69, 9.17) is 32.7 Å². The van der Waals surface area contributed by atoms with Crippen molar-refractivity contribution >= 4 is 23.2 Å². The van der Waals surface area contributed by atoms with Crippen LogP contribution in [0.2, 0.25) is 10.0 Å². The van der Waals surface area contributed by atoms with Crippen molar-refractivity contribution in [1.82, 2.24) is 0 Å². The molecular formula is C9H8Cl2O3. The van der Waals surface area contributed by atoms with Crippen LogP contribution in [0.1, 0.15) is 11.9 Å². The van der Waals surface area contributed by atoms with E-state index in [2.05, 4.69) is 0 Å². The van der Waals surface area contributed by atoms with Gasteiger partial charge in [-0.2, -0.15) is 0 Å². The molecule has 2 rings (SSSR count). The van der Waals surface area contributed by atoms with E-state index in [1.807, 2.05) is 0 Å². The first-order valence-corrected chi connectivity index (χ1v) is 4.86. The number of hydrogen-bond acceptors (Lipinski definition) is 3. The Labute approximate surface area is 91.1 Å². The van der Waals surface area contributed by atoms with Gasteiger partial charge in [0, 0.05) is 5.56 Å². The molecule has 0 aliphatic carbocycles. The monoisotopic (exact) mass is 234 g/mol. The zero-order chi connectivity index (χ0) is 10.1. The van der Waals surface area contributed by atoms with Gasteiger partial charge in [-0.1, -0.05) is 23.2 Å². The number of hydrogen-bond donors (Lipinski definition) is 1. The maximum absolute atomic E-state index is 9.27. The number of phenolic OH excluding ortho intramolecular Hbond substituents is 1. The third kappa shape index (κ3) is 1.68. The average molecular weight is 235 g/mol. The molecule has 1 fully saturated rings. The topological polar surface area (TPSA) is 38.7 Å². The van der Waals surface area contributed by atoms with E-state index in [1.54, 1.807) is 6.07 Å². The van der Waals surface area contributed by atoms with Crippen molar-refractivity contribution in [3.8, 4) is 5.75 Å². The Morgan fingerprint density at radius 3 is 2.43 bits per heavy atom. The third-order valence-corrected chi connectivity index (χ3v) is 2.85. The second-order valence-electron chi connectivity index (χ2n) is 2.88. The largest absolute Gasteiger partial charge is 0.506 e. The third-order valence-electron chi connectivity index (χ3n) is 1.97. The zero-order valence-corrected chi connectivity index (χ0v) is 8.68. The Kier molecular flexibility index (Phi) is 2.83. The molecule has 0 aromatic heterocycles. The smallest absolute Gasteiger partial charge is 0.185 e. The number of ether oxygens (including phenoxy) is 2. The van der Waals surface area contributed by atoms with E-state index in [-0.39, 0.29) is 15.8 Å². The molecule has 1 aromatic carbocycles. The van der Waals surface area contributed by atoms with Crippen LogP contribution in [-0.2, 0) is 9.47 Å². The van der Waals surface area contributed by atoms with Crippen molar-refractivity contribution in [2.45, 2.75) is 6.29 Å². The highest BCUT2D eigenvalue weighted by atomic mass is 35.5. The highest BCUT2D eigenvalue weighted by Crippen LogP contribution is 2.38. The molecule has 3 nitrogen and oxygen atoms in total. The van der Waals surface area contributed by atoms with Crippen molar-refractivity contribution in [1.29, 1.82) is 0 Å². The molecule has 0 radical (unpaired) electrons. The standard InChI is InChI=1S/C9H8Cl2O3/c10-7-5(9-13-3-4-14-9)1-2-6(12)8(7)11/h1-2,9,12H,3-4H2. The second kappa shape index (κ2) is 3.95. The van der Waals surface area contributed by atoms with Gasteiger partial charge in [0.15, 0.2) is 6.29 Å². The predicted molar refractivity (Wildman–Crippen MR) is 52.8 cm³/mol. The quantitative estimate of drug-likeness (QED) is 0.813. The van der Waals surface area contributed by atoms with Gasteiger partial charge in [0.25, 0.3) is 0 Å². The fraction of sp³-hybridized carbons (Fsp3) is 0.333. The zero-order valence-electron chi connectivity index (χ0n) is 7.17. The minimum Gasteiger partial charge on any atom is -0.506 e. The van der Waals surface area contributed by atoms with Crippen molar-refractivity contribution in [2.24, 2.45) is 0 Å². The fourth-order valence-electron chi connectivity index (χ4n) is 1.27. The molecule has 0 spiro atoms. The van der Waals surface area contributed by atoms with E-state index in [9.17, 15) is 5.11 Å². The molecular weight excluding hydrogens is 227 g/mol. The van der Waals surface area contributed by atoms with Crippen molar-refractivity contribution in [2.75, 3.05) is 13.2 Å². The summed E-state index contributed by atoms with van der Waals surface area (Å²) in [5.74, 6) is -0.0431. The fourth-order valence-corrected chi connectivity index (χ4v) is 1.70. The number of aromatic hydroxyl groups is 1. The summed E-state index contributed by atoms with van der Waals surface area (Å²) in [6.45, 7) is 1.08. The van der Waals surface area contributed by atoms with Gasteiger partial charge in [-0.15, -0.1) is 0 Å². The van der Waals surface area contributed by atoms with Crippen LogP contribution in [-0.4, -0.2) is 18.3 Å². The van der Waals surface area contributed by atoms with Gasteiger partial charge in [-0.3, -0.25) is 0 Å². The Hall–Kier alpha value is -0.480. The maximum atomic E-state index is 9.27. The lowest BCUT2D eigenvalue weighted by Gasteiger charge is -2.12. The summed E-state index contributed by atoms with van der Waals surface area (Å²) in [5, 5.41) is 9.67. The summed E-state index contributed by atoms with van der Waals surface area (Å²) in [7, 11) is 0. The lowest BCUT2D eigenvalue weighted by atomic mass is 10.2. The molecule has 1 aliphatic heterocycles. The van der Waals surface area contributed by atoms with E-state index in [0.29, 0.717) is 18.8 Å². The van der Waals surface area contributed by atoms with Gasteiger partial charge in [0.2, 0.25) is 0 Å². The van der Waals surface area contributed by atoms with Crippen LogP contribution in [0.5, 0.6) is 5.75 Å². The van der Waals surface area contributed by atoms with E-state index in [1.165, 1.54) is 6.07 Å². The normalized spacial score (nSPS) is 17.6. The summed E-state index contributed by atoms with van der Waals surface area (Å²) in [4.78, 5) is 0. The molecule has 1 saturated heterocycles. The van der Waals surface area contributed by atoms with Crippen molar-refractivity contribution in [3.63, 3.8) is 0 Å². The summed E-state index contributed by atoms with van der Waals surface area (Å²) in [5.41, 5.74) is 0.645. The van der Waals surface area contributed by atoms with Gasteiger partial charge >= 0.3 is 0 Å². The van der Waals surface area contributed by atoms with Crippen LogP contribution in [0.15, 0.2) is 12.1 Å². The van der Waals surface area contributed by atoms with Crippen LogP contribution in [0.4, 0.5) is 0 Å². The van der Waals surface area contributed by atoms with Gasteiger partial charge in [0.1, 0.15) is 10.8 Å². The van der Waals surface area contributed by atoms with Crippen LogP contribution < -0.4 is 0 Å². The van der Waals surface area contributed by atoms with Crippen LogP contribution in [0.3, 0.4) is 0 Å². The first-order chi connectivity index (χ1) is 6.70. The van der Waals surface area contributed by atoms with Crippen LogP contribution >= 0.6 is 23.2 Å². The summed E-state index contributed by atoms with van der Waals surface area (Å²) in [6, 6.07) is 3.11. The first-order valence-electron chi connectivity index (χ1n) is 4.10. The van der Waals surface area contributed by atoms with E-state index < -0.39 is 6.29 Å². The Bertz CT molecular complexity index is 348. The summed E-state index contributed by atoms with van der Waals surface area (Å²) < 4.78 is 10.5. The summed E-state index contributed by atoms with van der Waals surface area (Å²) in [6.07, 6.45) is -0.472. The molecule has 0 amide bonds. The highest BCUT2D eigenvalue weighted by molar-refractivity contribution is 6.43. The SMILES string of the molecule is Oc1ccc(C2OCCO2)c(Cl)c1Cl. The predicted octanol–water partition coefficient (Wildman–Crippen LogP) is 2.74. The molecule has 0 saturated carbocycles. The molecule has 1 aliphatic rings. The van der Waals surface area contributed by atoms with Gasteiger partial charge in [0.05, 0.1) is 18.2 Å². The average Bonchev–Trinajstić information content (AvgIpc) is 2.67. The van der Waals surface area contributed by atoms with E-state index in [0.717, 1.165) is 0 Å². The minimum absolute atomic E-state index is 0.0431. The highest BCUT2D eigenvalue weighted by Gasteiger charge is 2.22. The molecule has 14 heavy (non-hydrogen) atoms. The van der Waals surface area contributed by atoms with Gasteiger partial charge in [-0.25, -0.2) is 0 Å². The molecule has 76 valence electrons. The molecule has 5 heteroatoms. The molecule has 1 aromatic rings. The number of benzene rings is 1. The van der Waals surface area contributed by atoms with Gasteiger partial charge in [-0.05, 0) is 12.1 Å². The molecule has 1 heterocycles. The molecule has 0 unspecified atom stereocenters. The number of halogens is 2. The molecule has 1 N–H and O–H groups in total. The Balaban J connectivity index is 2.38. The maximum Gasteiger partial charge on any atom is 0.185 e.